The molecule has 2 atom stereocenters. The molecule has 0 bridgehead atoms. The van der Waals surface area contributed by atoms with E-state index in [0.717, 1.165) is 0 Å². The molecule has 0 aliphatic heterocycles. The van der Waals surface area contributed by atoms with Gasteiger partial charge in [-0.3, -0.25) is 0 Å². The summed E-state index contributed by atoms with van der Waals surface area (Å²) in [5.41, 5.74) is 17.2. The molecule has 238 valence electrons. The van der Waals surface area contributed by atoms with Crippen LogP contribution in [0.3, 0.4) is 0 Å². The predicted molar refractivity (Wildman–Crippen MR) is 202 cm³/mol. The van der Waals surface area contributed by atoms with Gasteiger partial charge in [0.15, 0.2) is 0 Å². The number of benzene rings is 4. The molecule has 2 aliphatic rings. The molecule has 0 spiro atoms. The molecule has 0 radical (unpaired) electrons. The van der Waals surface area contributed by atoms with E-state index in [1.807, 2.05) is 0 Å². The van der Waals surface area contributed by atoms with Crippen LogP contribution in [0.15, 0.2) is 84.9 Å². The summed E-state index contributed by atoms with van der Waals surface area (Å²) < 4.78 is 8.08. The first-order chi connectivity index (χ1) is 21.4. The third-order valence-electron chi connectivity index (χ3n) is 12.1. The van der Waals surface area contributed by atoms with Gasteiger partial charge in [0.2, 0.25) is 0 Å². The normalized spacial score (nSPS) is 17.8. The van der Waals surface area contributed by atoms with Gasteiger partial charge in [-0.05, 0) is 0 Å². The van der Waals surface area contributed by atoms with Crippen molar-refractivity contribution in [3.05, 3.63) is 129 Å². The molecule has 0 N–H and O–H groups in total. The van der Waals surface area contributed by atoms with E-state index in [0.29, 0.717) is 7.35 Å². The Morgan fingerprint density at radius 3 is 1.26 bits per heavy atom. The van der Waals surface area contributed by atoms with Crippen LogP contribution in [0.1, 0.15) is 107 Å². The minimum atomic E-state index is -3.94. The topological polar surface area (TPSA) is 0 Å². The monoisotopic (exact) mass is 774 g/mol. The van der Waals surface area contributed by atoms with Gasteiger partial charge in [0.1, 0.15) is 0 Å². The van der Waals surface area contributed by atoms with Gasteiger partial charge >= 0.3 is 282 Å². The van der Waals surface area contributed by atoms with Crippen LogP contribution in [0.5, 0.6) is 0 Å². The molecule has 2 aliphatic carbocycles. The second-order valence-corrected chi connectivity index (χ2v) is 44.3. The molecule has 4 aromatic rings. The third-order valence-corrected chi connectivity index (χ3v) is 40.8. The third kappa shape index (κ3) is 5.17. The van der Waals surface area contributed by atoms with Crippen LogP contribution >= 0.6 is 0 Å². The van der Waals surface area contributed by atoms with Crippen molar-refractivity contribution in [2.24, 2.45) is 0 Å². The summed E-state index contributed by atoms with van der Waals surface area (Å²) in [4.78, 5) is 0. The van der Waals surface area contributed by atoms with Crippen LogP contribution in [0.25, 0.3) is 34.4 Å². The fourth-order valence-corrected chi connectivity index (χ4v) is 27.9. The van der Waals surface area contributed by atoms with Crippen molar-refractivity contribution in [1.82, 2.24) is 0 Å². The van der Waals surface area contributed by atoms with E-state index in [1.54, 1.807) is 3.26 Å². The van der Waals surface area contributed by atoms with Gasteiger partial charge in [-0.25, -0.2) is 0 Å². The zero-order valence-electron chi connectivity index (χ0n) is 30.4. The Balaban J connectivity index is 1.46. The molecule has 0 fully saturated rings. The van der Waals surface area contributed by atoms with Crippen molar-refractivity contribution in [2.45, 2.75) is 96.8 Å². The van der Waals surface area contributed by atoms with Gasteiger partial charge in [-0.15, -0.1) is 0 Å². The first-order valence-electron chi connectivity index (χ1n) is 17.3. The Morgan fingerprint density at radius 1 is 0.543 bits per heavy atom. The molecule has 0 heterocycles. The SMILES string of the molecule is C[C](C)=[Hf]([CH3])([CH3])([CH]1C=Cc2c(-c3ccc(C(C)(C)C)cc3C)cccc21)[CH]1C=Cc2c(-c3ccc(C(C)(C)C)cc3C)cccc21. The Hall–Kier alpha value is -2.90. The molecule has 6 rings (SSSR count). The van der Waals surface area contributed by atoms with E-state index in [1.165, 1.54) is 66.8 Å². The van der Waals surface area contributed by atoms with E-state index < -0.39 is 18.0 Å². The van der Waals surface area contributed by atoms with E-state index in [4.69, 9.17) is 0 Å². The van der Waals surface area contributed by atoms with Crippen LogP contribution in [0.2, 0.25) is 9.36 Å². The standard InChI is InChI=1S/2C20H21.C3H6.2CH3.Hf/c2*1-14-13-16(20(2,3)4)11-12-17(14)19-10-6-8-15-7-5-9-18(15)19;1-3-2;;;/h2*5-13H,1-4H3;1-2H3;2*1H3;. The van der Waals surface area contributed by atoms with Gasteiger partial charge < -0.3 is 0 Å². The summed E-state index contributed by atoms with van der Waals surface area (Å²) in [7, 11) is 0. The van der Waals surface area contributed by atoms with Crippen molar-refractivity contribution in [3.63, 3.8) is 0 Å². The van der Waals surface area contributed by atoms with Crippen LogP contribution in [-0.4, -0.2) is 3.26 Å². The maximum atomic E-state index is 2.74. The molecular formula is C45H54Hf. The quantitative estimate of drug-likeness (QED) is 0.181. The number of rotatable bonds is 4. The molecule has 0 saturated carbocycles. The number of aryl methyl sites for hydroxylation is 2. The van der Waals surface area contributed by atoms with Gasteiger partial charge in [0.05, 0.1) is 0 Å². The summed E-state index contributed by atoms with van der Waals surface area (Å²) in [6.07, 6.45) is 10.1. The minimum absolute atomic E-state index is 0.145. The summed E-state index contributed by atoms with van der Waals surface area (Å²) in [6.45, 7) is 23.3. The number of hydrogen-bond acceptors (Lipinski definition) is 0. The molecule has 0 saturated heterocycles. The molecule has 0 amide bonds. The van der Waals surface area contributed by atoms with Crippen LogP contribution in [0.4, 0.5) is 0 Å². The van der Waals surface area contributed by atoms with Crippen molar-refractivity contribution < 1.29 is 18.0 Å². The fraction of sp³-hybridized carbons (Fsp3) is 0.356. The van der Waals surface area contributed by atoms with Crippen molar-refractivity contribution in [1.29, 1.82) is 0 Å². The average molecular weight is 773 g/mol. The molecular weight excluding hydrogens is 719 g/mol. The van der Waals surface area contributed by atoms with Gasteiger partial charge in [-0.1, -0.05) is 0 Å². The van der Waals surface area contributed by atoms with Crippen LogP contribution in [0, 0.1) is 13.8 Å². The van der Waals surface area contributed by atoms with Crippen molar-refractivity contribution >= 4 is 15.4 Å². The van der Waals surface area contributed by atoms with Gasteiger partial charge in [-0.2, -0.15) is 0 Å². The number of hydrogen-bond donors (Lipinski definition) is 0. The maximum absolute atomic E-state index is 3.94. The molecule has 2 unspecified atom stereocenters. The average Bonchev–Trinajstić information content (AvgIpc) is 3.62. The summed E-state index contributed by atoms with van der Waals surface area (Å²) in [6, 6.07) is 28.4. The summed E-state index contributed by atoms with van der Waals surface area (Å²) >= 11 is -3.94. The second-order valence-electron chi connectivity index (χ2n) is 17.5. The molecule has 0 aromatic heterocycles. The zero-order valence-corrected chi connectivity index (χ0v) is 34.0. The number of fused-ring (bicyclic) bond motifs is 2. The Bertz CT molecular complexity index is 1870. The molecule has 46 heavy (non-hydrogen) atoms. The molecule has 0 nitrogen and oxygen atoms in total. The second kappa shape index (κ2) is 11.1. The van der Waals surface area contributed by atoms with Crippen molar-refractivity contribution in [3.8, 4) is 22.3 Å². The first kappa shape index (κ1) is 33.0. The van der Waals surface area contributed by atoms with Crippen LogP contribution in [-0.2, 0) is 28.8 Å². The van der Waals surface area contributed by atoms with E-state index in [9.17, 15) is 0 Å². The summed E-state index contributed by atoms with van der Waals surface area (Å²) in [5.74, 6) is 0. The van der Waals surface area contributed by atoms with E-state index in [2.05, 4.69) is 176 Å². The van der Waals surface area contributed by atoms with Gasteiger partial charge in [0.25, 0.3) is 0 Å². The Morgan fingerprint density at radius 2 is 0.935 bits per heavy atom. The van der Waals surface area contributed by atoms with Crippen molar-refractivity contribution in [2.75, 3.05) is 0 Å². The Kier molecular flexibility index (Phi) is 7.96. The zero-order chi connectivity index (χ0) is 33.4. The van der Waals surface area contributed by atoms with Crippen LogP contribution < -0.4 is 0 Å². The fourth-order valence-electron chi connectivity index (χ4n) is 8.37. The molecule has 1 heteroatoms. The van der Waals surface area contributed by atoms with E-state index >= 15 is 0 Å². The number of allylic oxidation sites excluding steroid dienone is 2. The Labute approximate surface area is 280 Å². The predicted octanol–water partition coefficient (Wildman–Crippen LogP) is 13.1. The van der Waals surface area contributed by atoms with Gasteiger partial charge in [0, 0.05) is 0 Å². The molecule has 4 aromatic carbocycles. The first-order valence-corrected chi connectivity index (χ1v) is 30.4. The van der Waals surface area contributed by atoms with E-state index in [-0.39, 0.29) is 10.8 Å². The summed E-state index contributed by atoms with van der Waals surface area (Å²) in [5, 5.41) is 0.